The molecule has 8 heteroatoms. The predicted octanol–water partition coefficient (Wildman–Crippen LogP) is 4.40. The van der Waals surface area contributed by atoms with Crippen molar-refractivity contribution in [3.63, 3.8) is 0 Å². The average molecular weight is 326 g/mol. The zero-order valence-electron chi connectivity index (χ0n) is 11.3. The number of hydrogen-bond acceptors (Lipinski definition) is 5. The Kier molecular flexibility index (Phi) is 6.19. The Bertz CT molecular complexity index is 472. The van der Waals surface area contributed by atoms with Crippen molar-refractivity contribution < 1.29 is 18.0 Å². The van der Waals surface area contributed by atoms with Crippen molar-refractivity contribution >= 4 is 39.6 Å². The number of anilines is 2. The Morgan fingerprint density at radius 2 is 2.10 bits per heavy atom. The minimum absolute atomic E-state index is 0.00775. The van der Waals surface area contributed by atoms with Crippen LogP contribution in [0.3, 0.4) is 0 Å². The number of carbonyl (C=O) groups excluding carboxylic acids is 1. The number of rotatable bonds is 7. The lowest BCUT2D eigenvalue weighted by Gasteiger charge is -2.08. The Labute approximate surface area is 124 Å². The van der Waals surface area contributed by atoms with Gasteiger partial charge in [-0.2, -0.15) is 13.2 Å². The number of nitrogens with one attached hydrogen (secondary N) is 1. The van der Waals surface area contributed by atoms with E-state index < -0.39 is 12.6 Å². The van der Waals surface area contributed by atoms with Gasteiger partial charge in [-0.25, -0.2) is 0 Å². The molecule has 1 heterocycles. The van der Waals surface area contributed by atoms with Gasteiger partial charge in [-0.3, -0.25) is 4.79 Å². The Morgan fingerprint density at radius 3 is 2.60 bits per heavy atom. The molecule has 1 aromatic heterocycles. The predicted molar refractivity (Wildman–Crippen MR) is 78.9 cm³/mol. The third kappa shape index (κ3) is 4.59. The maximum Gasteiger partial charge on any atom is 0.389 e. The van der Waals surface area contributed by atoms with Crippen LogP contribution in [0.2, 0.25) is 0 Å². The minimum atomic E-state index is -4.14. The molecule has 0 fully saturated rings. The number of nitrogens with two attached hydrogens (primary N) is 1. The van der Waals surface area contributed by atoms with Gasteiger partial charge < -0.3 is 11.1 Å². The number of hydrogen-bond donors (Lipinski definition) is 2. The van der Waals surface area contributed by atoms with Crippen LogP contribution in [0, 0.1) is 0 Å². The Balaban J connectivity index is 2.72. The summed E-state index contributed by atoms with van der Waals surface area (Å²) < 4.78 is 36.2. The minimum Gasteiger partial charge on any atom is -0.396 e. The van der Waals surface area contributed by atoms with E-state index in [1.165, 1.54) is 23.1 Å². The number of thioether (sulfide) groups is 1. The van der Waals surface area contributed by atoms with Crippen LogP contribution in [0.25, 0.3) is 0 Å². The molecule has 0 aliphatic heterocycles. The smallest absolute Gasteiger partial charge is 0.389 e. The first-order chi connectivity index (χ1) is 9.30. The molecule has 1 rings (SSSR count). The van der Waals surface area contributed by atoms with Crippen molar-refractivity contribution in [2.75, 3.05) is 23.9 Å². The molecule has 0 aliphatic carbocycles. The van der Waals surface area contributed by atoms with Crippen molar-refractivity contribution in [3.8, 4) is 0 Å². The van der Waals surface area contributed by atoms with Gasteiger partial charge in [0.15, 0.2) is 5.78 Å². The summed E-state index contributed by atoms with van der Waals surface area (Å²) in [5.74, 6) is -0.0499. The molecule has 3 N–H and O–H groups in total. The second-order valence-electron chi connectivity index (χ2n) is 4.13. The lowest BCUT2D eigenvalue weighted by atomic mass is 10.2. The van der Waals surface area contributed by atoms with Crippen molar-refractivity contribution in [1.82, 2.24) is 0 Å². The van der Waals surface area contributed by atoms with Crippen LogP contribution < -0.4 is 11.1 Å². The Hall–Kier alpha value is -0.890. The number of ketones is 1. The van der Waals surface area contributed by atoms with Crippen LogP contribution in [0.15, 0.2) is 4.90 Å². The van der Waals surface area contributed by atoms with E-state index in [1.54, 1.807) is 6.92 Å². The highest BCUT2D eigenvalue weighted by molar-refractivity contribution is 7.99. The van der Waals surface area contributed by atoms with E-state index in [-0.39, 0.29) is 18.7 Å². The summed E-state index contributed by atoms with van der Waals surface area (Å²) in [6, 6.07) is 0. The number of alkyl halides is 3. The van der Waals surface area contributed by atoms with Crippen molar-refractivity contribution in [2.24, 2.45) is 0 Å². The quantitative estimate of drug-likeness (QED) is 0.443. The topological polar surface area (TPSA) is 55.1 Å². The summed E-state index contributed by atoms with van der Waals surface area (Å²) in [4.78, 5) is 12.9. The van der Waals surface area contributed by atoms with Crippen LogP contribution in [0.4, 0.5) is 23.9 Å². The molecule has 0 aromatic carbocycles. The normalized spacial score (nSPS) is 11.7. The molecule has 1 aromatic rings. The highest BCUT2D eigenvalue weighted by Crippen LogP contribution is 2.42. The summed E-state index contributed by atoms with van der Waals surface area (Å²) in [6.07, 6.45) is -2.80. The molecule has 0 amide bonds. The average Bonchev–Trinajstić information content (AvgIpc) is 2.69. The first kappa shape index (κ1) is 17.2. The van der Waals surface area contributed by atoms with Crippen LogP contribution in [0.5, 0.6) is 0 Å². The molecule has 0 saturated carbocycles. The van der Waals surface area contributed by atoms with E-state index in [4.69, 9.17) is 5.73 Å². The molecule has 0 aliphatic rings. The molecule has 0 unspecified atom stereocenters. The summed E-state index contributed by atoms with van der Waals surface area (Å²) in [6.45, 7) is 1.95. The number of carbonyl (C=O) groups is 1. The molecule has 0 spiro atoms. The fourth-order valence-electron chi connectivity index (χ4n) is 1.61. The summed E-state index contributed by atoms with van der Waals surface area (Å²) >= 11 is 2.60. The summed E-state index contributed by atoms with van der Waals surface area (Å²) in [7, 11) is 0. The van der Waals surface area contributed by atoms with Crippen LogP contribution in [-0.2, 0) is 0 Å². The molecular formula is C12H17F3N2OS2. The molecule has 114 valence electrons. The van der Waals surface area contributed by atoms with E-state index in [9.17, 15) is 18.0 Å². The van der Waals surface area contributed by atoms with Gasteiger partial charge in [0.2, 0.25) is 0 Å². The monoisotopic (exact) mass is 326 g/mol. The first-order valence-corrected chi connectivity index (χ1v) is 8.14. The third-order valence-electron chi connectivity index (χ3n) is 2.60. The molecule has 20 heavy (non-hydrogen) atoms. The maximum atomic E-state index is 12.1. The number of halogens is 3. The Morgan fingerprint density at radius 1 is 1.45 bits per heavy atom. The standard InChI is InChI=1S/C12H17F3N2OS2/c1-3-7(18)9-8(16)10(19-2)11(20-9)17-6-4-5-12(13,14)15/h17H,3-6,16H2,1-2H3. The van der Waals surface area contributed by atoms with Gasteiger partial charge in [0.25, 0.3) is 0 Å². The zero-order chi connectivity index (χ0) is 15.3. The second kappa shape index (κ2) is 7.21. The summed E-state index contributed by atoms with van der Waals surface area (Å²) in [5, 5.41) is 3.62. The fourth-order valence-corrected chi connectivity index (χ4v) is 3.68. The van der Waals surface area contributed by atoms with E-state index in [0.717, 1.165) is 4.90 Å². The van der Waals surface area contributed by atoms with Crippen LogP contribution >= 0.6 is 23.1 Å². The molecule has 0 bridgehead atoms. The van der Waals surface area contributed by atoms with Crippen LogP contribution in [-0.4, -0.2) is 24.8 Å². The van der Waals surface area contributed by atoms with E-state index >= 15 is 0 Å². The zero-order valence-corrected chi connectivity index (χ0v) is 12.9. The van der Waals surface area contributed by atoms with Gasteiger partial charge in [-0.05, 0) is 12.7 Å². The number of nitrogen functional groups attached to an aromatic ring is 1. The van der Waals surface area contributed by atoms with Gasteiger partial charge in [-0.1, -0.05) is 6.92 Å². The van der Waals surface area contributed by atoms with E-state index in [0.29, 0.717) is 22.0 Å². The molecule has 3 nitrogen and oxygen atoms in total. The lowest BCUT2D eigenvalue weighted by molar-refractivity contribution is -0.134. The number of thiophene rings is 1. The van der Waals surface area contributed by atoms with Crippen molar-refractivity contribution in [1.29, 1.82) is 0 Å². The fraction of sp³-hybridized carbons (Fsp3) is 0.583. The van der Waals surface area contributed by atoms with Gasteiger partial charge in [0.05, 0.1) is 15.5 Å². The highest BCUT2D eigenvalue weighted by atomic mass is 32.2. The van der Waals surface area contributed by atoms with Gasteiger partial charge in [0, 0.05) is 19.4 Å². The third-order valence-corrected chi connectivity index (χ3v) is 4.77. The first-order valence-electron chi connectivity index (χ1n) is 6.10. The van der Waals surface area contributed by atoms with Gasteiger partial charge >= 0.3 is 6.18 Å². The molecule has 0 atom stereocenters. The maximum absolute atomic E-state index is 12.1. The summed E-state index contributed by atoms with van der Waals surface area (Å²) in [5.41, 5.74) is 6.34. The highest BCUT2D eigenvalue weighted by Gasteiger charge is 2.26. The number of Topliss-reactive ketones (excluding diaryl/α,β-unsaturated/α-hetero) is 1. The SMILES string of the molecule is CCC(=O)c1sc(NCCCC(F)(F)F)c(SC)c1N. The van der Waals surface area contributed by atoms with E-state index in [2.05, 4.69) is 5.32 Å². The van der Waals surface area contributed by atoms with E-state index in [1.807, 2.05) is 6.26 Å². The molecule has 0 radical (unpaired) electrons. The second-order valence-corrected chi connectivity index (χ2v) is 5.97. The lowest BCUT2D eigenvalue weighted by Crippen LogP contribution is -2.10. The van der Waals surface area contributed by atoms with Crippen molar-refractivity contribution in [2.45, 2.75) is 37.3 Å². The molecular weight excluding hydrogens is 309 g/mol. The van der Waals surface area contributed by atoms with Crippen molar-refractivity contribution in [3.05, 3.63) is 4.88 Å². The van der Waals surface area contributed by atoms with Crippen LogP contribution in [0.1, 0.15) is 35.9 Å². The van der Waals surface area contributed by atoms with Gasteiger partial charge in [-0.15, -0.1) is 23.1 Å². The van der Waals surface area contributed by atoms with Gasteiger partial charge in [0.1, 0.15) is 5.00 Å². The largest absolute Gasteiger partial charge is 0.396 e. The molecule has 0 saturated heterocycles.